The minimum atomic E-state index is -2.73. The van der Waals surface area contributed by atoms with Crippen molar-refractivity contribution in [2.45, 2.75) is 37.5 Å². The zero-order chi connectivity index (χ0) is 13.3. The summed E-state index contributed by atoms with van der Waals surface area (Å²) in [6.07, 6.45) is 1.60. The van der Waals surface area contributed by atoms with Gasteiger partial charge < -0.3 is 5.11 Å². The second kappa shape index (κ2) is 4.76. The summed E-state index contributed by atoms with van der Waals surface area (Å²) in [6, 6.07) is 0. The predicted octanol–water partition coefficient (Wildman–Crippen LogP) is 3.12. The highest BCUT2D eigenvalue weighted by Crippen LogP contribution is 2.40. The van der Waals surface area contributed by atoms with Crippen molar-refractivity contribution in [3.8, 4) is 0 Å². The highest BCUT2D eigenvalue weighted by molar-refractivity contribution is 6.33. The molecule has 1 aliphatic rings. The number of aromatic carboxylic acids is 1. The molecule has 7 heteroatoms. The van der Waals surface area contributed by atoms with E-state index < -0.39 is 17.8 Å². The molecule has 0 aliphatic heterocycles. The molecule has 98 valence electrons. The van der Waals surface area contributed by atoms with Crippen molar-refractivity contribution in [2.24, 2.45) is 0 Å². The zero-order valence-electron chi connectivity index (χ0n) is 9.37. The van der Waals surface area contributed by atoms with E-state index in [1.54, 1.807) is 0 Å². The Morgan fingerprint density at radius 1 is 1.56 bits per heavy atom. The third-order valence-corrected chi connectivity index (χ3v) is 3.25. The summed E-state index contributed by atoms with van der Waals surface area (Å²) in [4.78, 5) is 18.5. The number of halogens is 3. The molecule has 0 amide bonds. The first-order valence-electron chi connectivity index (χ1n) is 5.52. The van der Waals surface area contributed by atoms with Gasteiger partial charge in [-0.05, 0) is 12.8 Å². The normalized spacial score (nSPS) is 22.7. The fraction of sp³-hybridized carbons (Fsp3) is 0.545. The summed E-state index contributed by atoms with van der Waals surface area (Å²) >= 11 is 5.63. The molecule has 1 atom stereocenters. The Hall–Kier alpha value is -1.30. The van der Waals surface area contributed by atoms with Crippen LogP contribution in [-0.2, 0) is 0 Å². The Labute approximate surface area is 107 Å². The largest absolute Gasteiger partial charge is 0.476 e. The van der Waals surface area contributed by atoms with Crippen molar-refractivity contribution in [1.82, 2.24) is 9.97 Å². The van der Waals surface area contributed by atoms with E-state index in [1.807, 2.05) is 0 Å². The van der Waals surface area contributed by atoms with E-state index in [0.717, 1.165) is 6.20 Å². The van der Waals surface area contributed by atoms with E-state index in [1.165, 1.54) is 0 Å². The van der Waals surface area contributed by atoms with Gasteiger partial charge >= 0.3 is 5.97 Å². The van der Waals surface area contributed by atoms with E-state index in [-0.39, 0.29) is 29.4 Å². The quantitative estimate of drug-likeness (QED) is 0.901. The van der Waals surface area contributed by atoms with E-state index >= 15 is 0 Å². The van der Waals surface area contributed by atoms with Crippen LogP contribution in [0.15, 0.2) is 6.20 Å². The molecule has 0 saturated heterocycles. The van der Waals surface area contributed by atoms with Crippen molar-refractivity contribution >= 4 is 17.6 Å². The number of carboxylic acid groups (broad SMARTS) is 1. The Balaban J connectivity index is 2.28. The van der Waals surface area contributed by atoms with Crippen LogP contribution in [0.2, 0.25) is 5.02 Å². The number of carboxylic acids is 1. The summed E-state index contributed by atoms with van der Waals surface area (Å²) in [7, 11) is 0. The molecule has 0 spiro atoms. The third kappa shape index (κ3) is 2.75. The molecule has 1 unspecified atom stereocenters. The van der Waals surface area contributed by atoms with Crippen LogP contribution in [0.25, 0.3) is 0 Å². The summed E-state index contributed by atoms with van der Waals surface area (Å²) in [5.74, 6) is -4.39. The molecule has 18 heavy (non-hydrogen) atoms. The van der Waals surface area contributed by atoms with Gasteiger partial charge in [-0.15, -0.1) is 0 Å². The van der Waals surface area contributed by atoms with Gasteiger partial charge in [-0.1, -0.05) is 11.6 Å². The van der Waals surface area contributed by atoms with Gasteiger partial charge in [0.1, 0.15) is 5.82 Å². The lowest BCUT2D eigenvalue weighted by Crippen LogP contribution is -2.26. The highest BCUT2D eigenvalue weighted by atomic mass is 35.5. The number of carbonyl (C=O) groups is 1. The molecule has 1 aliphatic carbocycles. The Bertz CT molecular complexity index is 482. The first-order chi connectivity index (χ1) is 8.39. The molecular formula is C11H11ClF2N2O2. The van der Waals surface area contributed by atoms with Gasteiger partial charge in [0, 0.05) is 18.8 Å². The van der Waals surface area contributed by atoms with E-state index in [0.29, 0.717) is 12.8 Å². The lowest BCUT2D eigenvalue weighted by Gasteiger charge is -2.27. The lowest BCUT2D eigenvalue weighted by molar-refractivity contribution is -0.0417. The van der Waals surface area contributed by atoms with Gasteiger partial charge in [-0.25, -0.2) is 23.5 Å². The first-order valence-corrected chi connectivity index (χ1v) is 5.90. The number of hydrogen-bond acceptors (Lipinski definition) is 3. The molecule has 1 aromatic heterocycles. The molecular weight excluding hydrogens is 266 g/mol. The van der Waals surface area contributed by atoms with Gasteiger partial charge in [-0.3, -0.25) is 0 Å². The van der Waals surface area contributed by atoms with Crippen molar-refractivity contribution < 1.29 is 18.7 Å². The summed E-state index contributed by atoms with van der Waals surface area (Å²) in [5.41, 5.74) is -0.337. The van der Waals surface area contributed by atoms with Crippen molar-refractivity contribution in [3.63, 3.8) is 0 Å². The molecule has 0 radical (unpaired) electrons. The number of rotatable bonds is 2. The van der Waals surface area contributed by atoms with Gasteiger partial charge in [0.15, 0.2) is 5.69 Å². The minimum Gasteiger partial charge on any atom is -0.476 e. The molecule has 1 heterocycles. The molecule has 1 aromatic rings. The Morgan fingerprint density at radius 2 is 2.28 bits per heavy atom. The number of aromatic nitrogens is 2. The maximum atomic E-state index is 13.3. The van der Waals surface area contributed by atoms with Gasteiger partial charge in [0.25, 0.3) is 0 Å². The molecule has 2 rings (SSSR count). The third-order valence-electron chi connectivity index (χ3n) is 2.97. The maximum Gasteiger partial charge on any atom is 0.356 e. The van der Waals surface area contributed by atoms with Crippen LogP contribution in [0, 0.1) is 0 Å². The summed E-state index contributed by atoms with van der Waals surface area (Å²) in [6.45, 7) is 0. The van der Waals surface area contributed by atoms with Crippen LogP contribution >= 0.6 is 11.6 Å². The molecule has 0 aromatic carbocycles. The fourth-order valence-corrected chi connectivity index (χ4v) is 2.29. The zero-order valence-corrected chi connectivity index (χ0v) is 10.1. The van der Waals surface area contributed by atoms with Crippen LogP contribution in [0.5, 0.6) is 0 Å². The van der Waals surface area contributed by atoms with Crippen LogP contribution < -0.4 is 0 Å². The number of hydrogen-bond donors (Lipinski definition) is 1. The van der Waals surface area contributed by atoms with Gasteiger partial charge in [0.2, 0.25) is 5.92 Å². The Morgan fingerprint density at radius 3 is 2.89 bits per heavy atom. The first kappa shape index (κ1) is 13.1. The van der Waals surface area contributed by atoms with Gasteiger partial charge in [0.05, 0.1) is 11.2 Å². The van der Waals surface area contributed by atoms with E-state index in [2.05, 4.69) is 9.97 Å². The van der Waals surface area contributed by atoms with Gasteiger partial charge in [-0.2, -0.15) is 0 Å². The molecule has 1 fully saturated rings. The van der Waals surface area contributed by atoms with Crippen LogP contribution in [0.3, 0.4) is 0 Å². The average molecular weight is 277 g/mol. The second-order valence-corrected chi connectivity index (χ2v) is 4.79. The van der Waals surface area contributed by atoms with E-state index in [4.69, 9.17) is 16.7 Å². The van der Waals surface area contributed by atoms with Crippen LogP contribution in [0.4, 0.5) is 8.78 Å². The number of alkyl halides is 2. The molecule has 1 N–H and O–H groups in total. The second-order valence-electron chi connectivity index (χ2n) is 4.38. The summed E-state index contributed by atoms with van der Waals surface area (Å²) < 4.78 is 26.6. The topological polar surface area (TPSA) is 63.1 Å². The Kier molecular flexibility index (Phi) is 3.47. The minimum absolute atomic E-state index is 0.0891. The number of nitrogens with zero attached hydrogens (tertiary/aromatic N) is 2. The monoisotopic (exact) mass is 276 g/mol. The molecule has 4 nitrogen and oxygen atoms in total. The van der Waals surface area contributed by atoms with Crippen molar-refractivity contribution in [2.75, 3.05) is 0 Å². The molecule has 0 bridgehead atoms. The highest BCUT2D eigenvalue weighted by Gasteiger charge is 2.38. The van der Waals surface area contributed by atoms with Crippen LogP contribution in [0.1, 0.15) is 47.9 Å². The van der Waals surface area contributed by atoms with Crippen LogP contribution in [-0.4, -0.2) is 27.0 Å². The fourth-order valence-electron chi connectivity index (χ4n) is 2.12. The molecule has 1 saturated carbocycles. The van der Waals surface area contributed by atoms with Crippen molar-refractivity contribution in [3.05, 3.63) is 22.7 Å². The SMILES string of the molecule is O=C(O)c1nc(C2CCCC(F)(F)C2)ncc1Cl. The summed E-state index contributed by atoms with van der Waals surface area (Å²) in [5, 5.41) is 8.78. The van der Waals surface area contributed by atoms with Crippen molar-refractivity contribution in [1.29, 1.82) is 0 Å². The predicted molar refractivity (Wildman–Crippen MR) is 60.2 cm³/mol. The smallest absolute Gasteiger partial charge is 0.356 e. The average Bonchev–Trinajstić information content (AvgIpc) is 2.27. The standard InChI is InChI=1S/C11H11ClF2N2O2/c12-7-5-15-9(16-8(7)10(17)18)6-2-1-3-11(13,14)4-6/h5-6H,1-4H2,(H,17,18). The van der Waals surface area contributed by atoms with E-state index in [9.17, 15) is 13.6 Å². The lowest BCUT2D eigenvalue weighted by atomic mass is 9.86. The maximum absolute atomic E-state index is 13.3.